The molecule has 2 heterocycles. The summed E-state index contributed by atoms with van der Waals surface area (Å²) >= 11 is 0. The number of imidazole rings is 1. The lowest BCUT2D eigenvalue weighted by Crippen LogP contribution is -2.01. The number of hydrogen-bond acceptors (Lipinski definition) is 2. The summed E-state index contributed by atoms with van der Waals surface area (Å²) in [5, 5.41) is 21.9. The fourth-order valence-corrected chi connectivity index (χ4v) is 11.8. The summed E-state index contributed by atoms with van der Waals surface area (Å²) in [6.45, 7) is 2.12. The number of furan rings is 1. The van der Waals surface area contributed by atoms with Crippen molar-refractivity contribution in [2.75, 3.05) is 0 Å². The average molecular weight is 851 g/mol. The zero-order chi connectivity index (χ0) is 43.9. The molecular formula is C64H38N2O. The predicted octanol–water partition coefficient (Wildman–Crippen LogP) is 17.8. The summed E-state index contributed by atoms with van der Waals surface area (Å²) < 4.78 is 9.13. The lowest BCUT2D eigenvalue weighted by Gasteiger charge is -2.22. The van der Waals surface area contributed by atoms with Crippen LogP contribution in [-0.2, 0) is 0 Å². The van der Waals surface area contributed by atoms with Crippen LogP contribution in [0.5, 0.6) is 0 Å². The van der Waals surface area contributed by atoms with Gasteiger partial charge in [-0.2, -0.15) is 0 Å². The van der Waals surface area contributed by atoms with Gasteiger partial charge in [0.1, 0.15) is 17.0 Å². The molecule has 0 fully saturated rings. The smallest absolute Gasteiger partial charge is 0.136 e. The maximum atomic E-state index is 6.78. The molecule has 13 aromatic carbocycles. The number of fused-ring (bicyclic) bond motifs is 15. The molecule has 67 heavy (non-hydrogen) atoms. The molecule has 15 rings (SSSR count). The van der Waals surface area contributed by atoms with E-state index in [0.717, 1.165) is 50.0 Å². The van der Waals surface area contributed by atoms with Crippen LogP contribution in [-0.4, -0.2) is 9.55 Å². The monoisotopic (exact) mass is 850 g/mol. The highest BCUT2D eigenvalue weighted by molar-refractivity contribution is 6.31. The molecule has 0 saturated carbocycles. The zero-order valence-electron chi connectivity index (χ0n) is 36.5. The lowest BCUT2D eigenvalue weighted by atomic mass is 9.82. The van der Waals surface area contributed by atoms with Crippen LogP contribution in [0.1, 0.15) is 5.82 Å². The van der Waals surface area contributed by atoms with Crippen molar-refractivity contribution in [3.63, 3.8) is 0 Å². The number of para-hydroxylation sites is 2. The van der Waals surface area contributed by atoms with Gasteiger partial charge in [0.05, 0.1) is 16.7 Å². The first-order valence-electron chi connectivity index (χ1n) is 23.1. The van der Waals surface area contributed by atoms with E-state index in [4.69, 9.17) is 9.40 Å². The lowest BCUT2D eigenvalue weighted by molar-refractivity contribution is 0.669. The van der Waals surface area contributed by atoms with Gasteiger partial charge < -0.3 is 4.42 Å². The molecule has 3 nitrogen and oxygen atoms in total. The Morgan fingerprint density at radius 2 is 0.761 bits per heavy atom. The van der Waals surface area contributed by atoms with Gasteiger partial charge in [0.25, 0.3) is 0 Å². The van der Waals surface area contributed by atoms with Crippen LogP contribution in [0, 0.1) is 6.92 Å². The zero-order valence-corrected chi connectivity index (χ0v) is 36.5. The van der Waals surface area contributed by atoms with E-state index in [1.807, 2.05) is 0 Å². The van der Waals surface area contributed by atoms with Crippen molar-refractivity contribution in [2.24, 2.45) is 0 Å². The maximum absolute atomic E-state index is 6.78. The normalized spacial score (nSPS) is 12.3. The third kappa shape index (κ3) is 5.08. The van der Waals surface area contributed by atoms with E-state index in [-0.39, 0.29) is 0 Å². The van der Waals surface area contributed by atoms with E-state index in [1.165, 1.54) is 103 Å². The number of aromatic nitrogens is 2. The van der Waals surface area contributed by atoms with Gasteiger partial charge in [-0.15, -0.1) is 0 Å². The Bertz CT molecular complexity index is 4530. The third-order valence-electron chi connectivity index (χ3n) is 14.6. The molecule has 0 spiro atoms. The molecule has 2 aromatic heterocycles. The fraction of sp³-hybridized carbons (Fsp3) is 0.0156. The first kappa shape index (κ1) is 36.5. The van der Waals surface area contributed by atoms with Crippen LogP contribution < -0.4 is 0 Å². The number of hydrogen-bond donors (Lipinski definition) is 0. The Morgan fingerprint density at radius 1 is 0.328 bits per heavy atom. The van der Waals surface area contributed by atoms with Crippen molar-refractivity contribution in [1.29, 1.82) is 0 Å². The van der Waals surface area contributed by atoms with E-state index in [0.29, 0.717) is 0 Å². The predicted molar refractivity (Wildman–Crippen MR) is 284 cm³/mol. The SMILES string of the molecule is Cc1nc2ccccc2n1-c1c2ccccc2c(-c2c3ccccc3c(-c3ccc4oc5cc6c7ccccc7c7cc8ccccc8cc7c6cc5c4c3)c3ccccc23)c2ccccc12. The number of nitrogens with zero attached hydrogens (tertiary/aromatic N) is 2. The highest BCUT2D eigenvalue weighted by atomic mass is 16.3. The summed E-state index contributed by atoms with van der Waals surface area (Å²) in [5.74, 6) is 0.968. The van der Waals surface area contributed by atoms with Gasteiger partial charge in [-0.05, 0) is 153 Å². The van der Waals surface area contributed by atoms with Crippen molar-refractivity contribution in [3.05, 3.63) is 218 Å². The van der Waals surface area contributed by atoms with Crippen molar-refractivity contribution in [3.8, 4) is 27.9 Å². The molecule has 0 amide bonds. The summed E-state index contributed by atoms with van der Waals surface area (Å²) in [7, 11) is 0. The largest absolute Gasteiger partial charge is 0.456 e. The molecule has 310 valence electrons. The van der Waals surface area contributed by atoms with Gasteiger partial charge in [0, 0.05) is 21.5 Å². The molecule has 0 N–H and O–H groups in total. The third-order valence-corrected chi connectivity index (χ3v) is 14.6. The van der Waals surface area contributed by atoms with Gasteiger partial charge in [0.15, 0.2) is 0 Å². The average Bonchev–Trinajstić information content (AvgIpc) is 3.91. The van der Waals surface area contributed by atoms with E-state index in [9.17, 15) is 0 Å². The van der Waals surface area contributed by atoms with Crippen LogP contribution in [0.25, 0.3) is 147 Å². The molecule has 0 aliphatic rings. The van der Waals surface area contributed by atoms with E-state index < -0.39 is 0 Å². The molecule has 0 radical (unpaired) electrons. The standard InChI is InChI=1S/C64H38N2O/c1-37-65-57-28-14-15-29-58(57)66(37)64-49-26-12-10-24-47(49)63(48-25-11-13-27-50(48)64)62-45-22-8-6-20-43(45)61(44-21-7-9-23-46(44)62)40-30-31-59-55(34-40)56-35-53-52-33-39-17-3-2-16-38(39)32-51(52)41-18-4-5-19-42(41)54(53)36-60(56)67-59/h2-36H,1H3. The maximum Gasteiger partial charge on any atom is 0.136 e. The molecule has 0 bridgehead atoms. The fourth-order valence-electron chi connectivity index (χ4n) is 11.8. The van der Waals surface area contributed by atoms with E-state index in [1.54, 1.807) is 0 Å². The molecule has 0 aliphatic heterocycles. The second kappa shape index (κ2) is 13.6. The molecule has 0 atom stereocenters. The number of aryl methyl sites for hydroxylation is 1. The first-order chi connectivity index (χ1) is 33.2. The molecule has 3 heteroatoms. The van der Waals surface area contributed by atoms with Crippen LogP contribution in [0.15, 0.2) is 217 Å². The minimum absolute atomic E-state index is 0.886. The summed E-state index contributed by atoms with van der Waals surface area (Å²) in [4.78, 5) is 5.04. The minimum Gasteiger partial charge on any atom is -0.456 e. The highest BCUT2D eigenvalue weighted by Gasteiger charge is 2.24. The van der Waals surface area contributed by atoms with Gasteiger partial charge in [-0.3, -0.25) is 4.57 Å². The Labute approximate surface area is 384 Å². The molecule has 0 aliphatic carbocycles. The van der Waals surface area contributed by atoms with Crippen molar-refractivity contribution < 1.29 is 4.42 Å². The second-order valence-electron chi connectivity index (χ2n) is 18.1. The quantitative estimate of drug-likeness (QED) is 0.131. The summed E-state index contributed by atoms with van der Waals surface area (Å²) in [6.07, 6.45) is 0. The number of rotatable bonds is 3. The van der Waals surface area contributed by atoms with Crippen LogP contribution in [0.2, 0.25) is 0 Å². The van der Waals surface area contributed by atoms with Gasteiger partial charge in [-0.25, -0.2) is 4.98 Å². The van der Waals surface area contributed by atoms with Gasteiger partial charge in [0.2, 0.25) is 0 Å². The van der Waals surface area contributed by atoms with Gasteiger partial charge in [-0.1, -0.05) is 164 Å². The topological polar surface area (TPSA) is 31.0 Å². The molecule has 0 saturated heterocycles. The van der Waals surface area contributed by atoms with Crippen molar-refractivity contribution in [1.82, 2.24) is 9.55 Å². The Hall–Kier alpha value is -8.79. The Kier molecular flexibility index (Phi) is 7.43. The van der Waals surface area contributed by atoms with Crippen molar-refractivity contribution >= 4 is 119 Å². The van der Waals surface area contributed by atoms with Crippen LogP contribution in [0.3, 0.4) is 0 Å². The second-order valence-corrected chi connectivity index (χ2v) is 18.1. The Balaban J connectivity index is 1.01. The van der Waals surface area contributed by atoms with E-state index in [2.05, 4.69) is 224 Å². The highest BCUT2D eigenvalue weighted by Crippen LogP contribution is 2.50. The summed E-state index contributed by atoms with van der Waals surface area (Å²) in [6, 6.07) is 78.1. The van der Waals surface area contributed by atoms with Crippen LogP contribution >= 0.6 is 0 Å². The molecule has 15 aromatic rings. The number of benzene rings is 13. The minimum atomic E-state index is 0.886. The van der Waals surface area contributed by atoms with E-state index >= 15 is 0 Å². The molecular weight excluding hydrogens is 813 g/mol. The summed E-state index contributed by atoms with van der Waals surface area (Å²) in [5.41, 5.74) is 9.92. The Morgan fingerprint density at radius 3 is 1.36 bits per heavy atom. The first-order valence-corrected chi connectivity index (χ1v) is 23.1. The van der Waals surface area contributed by atoms with Gasteiger partial charge >= 0.3 is 0 Å². The van der Waals surface area contributed by atoms with Crippen LogP contribution in [0.4, 0.5) is 0 Å². The van der Waals surface area contributed by atoms with Crippen molar-refractivity contribution in [2.45, 2.75) is 6.92 Å². The molecule has 0 unspecified atom stereocenters.